The van der Waals surface area contributed by atoms with Gasteiger partial charge in [0, 0.05) is 34.6 Å². The average Bonchev–Trinajstić information content (AvgIpc) is 3.35. The number of hydrogen-bond donors (Lipinski definition) is 2. The Morgan fingerprint density at radius 2 is 2.22 bits per heavy atom. The highest BCUT2D eigenvalue weighted by Crippen LogP contribution is 2.38. The molecule has 0 saturated carbocycles. The normalized spacial score (nSPS) is 24.7. The number of hydrogen-bond acceptors (Lipinski definition) is 9. The van der Waals surface area contributed by atoms with Gasteiger partial charge in [0.1, 0.15) is 43.3 Å². The largest absolute Gasteiger partial charge is 0.697 e. The summed E-state index contributed by atoms with van der Waals surface area (Å²) >= 11 is 0. The first kappa shape index (κ1) is 22.7. The van der Waals surface area contributed by atoms with Crippen LogP contribution in [0.4, 0.5) is 5.82 Å². The maximum atomic E-state index is 12.1. The maximum Gasteiger partial charge on any atom is 0.697 e. The van der Waals surface area contributed by atoms with Gasteiger partial charge in [0.25, 0.3) is 0 Å². The molecule has 1 saturated heterocycles. The Bertz CT molecular complexity index is 1070. The van der Waals surface area contributed by atoms with E-state index in [4.69, 9.17) is 24.6 Å². The number of nitrogen functional groups attached to an aromatic ring is 1. The van der Waals surface area contributed by atoms with Crippen LogP contribution in [0.25, 0.3) is 11.0 Å². The van der Waals surface area contributed by atoms with E-state index < -0.39 is 32.8 Å². The van der Waals surface area contributed by atoms with Gasteiger partial charge in [-0.3, -0.25) is 4.98 Å². The van der Waals surface area contributed by atoms with Gasteiger partial charge in [0.05, 0.1) is 17.9 Å². The fourth-order valence-corrected chi connectivity index (χ4v) is 4.31. The van der Waals surface area contributed by atoms with Crippen LogP contribution in [0.3, 0.4) is 0 Å². The number of nitrogens with two attached hydrogens (primary N) is 1. The lowest BCUT2D eigenvalue weighted by molar-refractivity contribution is -0.0407. The van der Waals surface area contributed by atoms with Crippen molar-refractivity contribution >= 4 is 25.1 Å². The molecule has 0 aromatic carbocycles. The van der Waals surface area contributed by atoms with Crippen LogP contribution in [-0.2, 0) is 18.3 Å². The molecular weight excluding hydrogens is 437 g/mol. The zero-order chi connectivity index (χ0) is 22.7. The minimum atomic E-state index is -2.41. The van der Waals surface area contributed by atoms with E-state index in [9.17, 15) is 9.67 Å². The van der Waals surface area contributed by atoms with E-state index >= 15 is 0 Å². The van der Waals surface area contributed by atoms with E-state index in [1.165, 1.54) is 6.33 Å². The van der Waals surface area contributed by atoms with Crippen molar-refractivity contribution < 1.29 is 28.6 Å². The van der Waals surface area contributed by atoms with Gasteiger partial charge in [0.15, 0.2) is 6.10 Å². The molecular formula is C20H26N5O6P+2. The fraction of sp³-hybridized carbons (Fsp3) is 0.450. The molecule has 1 aliphatic rings. The Labute approximate surface area is 185 Å². The van der Waals surface area contributed by atoms with Gasteiger partial charge in [0.2, 0.25) is 0 Å². The van der Waals surface area contributed by atoms with Crippen molar-refractivity contribution in [2.24, 2.45) is 5.92 Å². The predicted molar refractivity (Wildman–Crippen MR) is 116 cm³/mol. The Balaban J connectivity index is 1.28. The van der Waals surface area contributed by atoms with E-state index in [2.05, 4.69) is 15.0 Å². The number of aliphatic hydroxyl groups is 1. The Kier molecular flexibility index (Phi) is 7.04. The zero-order valence-corrected chi connectivity index (χ0v) is 18.3. The molecule has 170 valence electrons. The molecule has 3 aromatic heterocycles. The second-order valence-electron chi connectivity index (χ2n) is 7.61. The van der Waals surface area contributed by atoms with Crippen LogP contribution in [0.5, 0.6) is 0 Å². The third kappa shape index (κ3) is 4.78. The van der Waals surface area contributed by atoms with Crippen LogP contribution in [0.1, 0.15) is 31.2 Å². The number of anilines is 1. The highest BCUT2D eigenvalue weighted by atomic mass is 31.1. The summed E-state index contributed by atoms with van der Waals surface area (Å²) in [6, 6.07) is 5.37. The van der Waals surface area contributed by atoms with Gasteiger partial charge in [-0.25, -0.2) is 9.97 Å². The lowest BCUT2D eigenvalue weighted by Crippen LogP contribution is -2.28. The third-order valence-corrected chi connectivity index (χ3v) is 6.29. The van der Waals surface area contributed by atoms with Gasteiger partial charge in [-0.1, -0.05) is 6.92 Å². The second kappa shape index (κ2) is 9.95. The molecule has 32 heavy (non-hydrogen) atoms. The van der Waals surface area contributed by atoms with E-state index in [-0.39, 0.29) is 19.1 Å². The third-order valence-electron chi connectivity index (χ3n) is 5.53. The van der Waals surface area contributed by atoms with Crippen LogP contribution in [0.2, 0.25) is 0 Å². The SMILES string of the molecule is CC1C(O)C(CO[P+](=O)OCCC([OH2+])c2cccnc2)OC1n1ccc2c(N)ncnc21. The van der Waals surface area contributed by atoms with Crippen molar-refractivity contribution in [3.05, 3.63) is 48.7 Å². The highest BCUT2D eigenvalue weighted by Gasteiger charge is 2.44. The van der Waals surface area contributed by atoms with Crippen molar-refractivity contribution in [2.75, 3.05) is 18.9 Å². The number of fused-ring (bicyclic) bond motifs is 1. The average molecular weight is 463 g/mol. The molecule has 4 rings (SSSR count). The number of aromatic nitrogens is 4. The number of pyridine rings is 1. The van der Waals surface area contributed by atoms with E-state index in [1.54, 1.807) is 35.3 Å². The van der Waals surface area contributed by atoms with Gasteiger partial charge in [-0.05, 0) is 18.2 Å². The summed E-state index contributed by atoms with van der Waals surface area (Å²) in [5, 5.41) is 19.4. The lowest BCUT2D eigenvalue weighted by atomic mass is 10.0. The van der Waals surface area contributed by atoms with Crippen molar-refractivity contribution in [3.8, 4) is 0 Å². The molecule has 6 atom stereocenters. The Morgan fingerprint density at radius 1 is 1.38 bits per heavy atom. The summed E-state index contributed by atoms with van der Waals surface area (Å²) in [4.78, 5) is 12.2. The molecule has 1 fully saturated rings. The first-order valence-electron chi connectivity index (χ1n) is 10.2. The van der Waals surface area contributed by atoms with E-state index in [1.807, 2.05) is 13.0 Å². The van der Waals surface area contributed by atoms with Crippen molar-refractivity contribution in [2.45, 2.75) is 37.9 Å². The summed E-state index contributed by atoms with van der Waals surface area (Å²) in [5.41, 5.74) is 7.26. The van der Waals surface area contributed by atoms with Gasteiger partial charge >= 0.3 is 8.25 Å². The molecule has 1 aliphatic heterocycles. The van der Waals surface area contributed by atoms with Crippen LogP contribution in [0.15, 0.2) is 43.1 Å². The van der Waals surface area contributed by atoms with Crippen LogP contribution in [-0.4, -0.2) is 55.2 Å². The minimum Gasteiger partial charge on any atom is -0.440 e. The molecule has 3 aromatic rings. The summed E-state index contributed by atoms with van der Waals surface area (Å²) in [6.07, 6.45) is 4.25. The quantitative estimate of drug-likeness (QED) is 0.357. The van der Waals surface area contributed by atoms with Gasteiger partial charge in [-0.15, -0.1) is 9.05 Å². The van der Waals surface area contributed by atoms with Crippen LogP contribution < -0.4 is 5.73 Å². The summed E-state index contributed by atoms with van der Waals surface area (Å²) in [7, 11) is -2.41. The number of rotatable bonds is 9. The molecule has 0 spiro atoms. The predicted octanol–water partition coefficient (Wildman–Crippen LogP) is 1.85. The van der Waals surface area contributed by atoms with Crippen molar-refractivity contribution in [1.29, 1.82) is 0 Å². The van der Waals surface area contributed by atoms with Crippen LogP contribution in [0, 0.1) is 5.92 Å². The fourth-order valence-electron chi connectivity index (χ4n) is 3.71. The molecule has 12 heteroatoms. The van der Waals surface area contributed by atoms with E-state index in [0.29, 0.717) is 23.3 Å². The summed E-state index contributed by atoms with van der Waals surface area (Å²) < 4.78 is 30.4. The van der Waals surface area contributed by atoms with Gasteiger partial charge in [-0.2, -0.15) is 0 Å². The number of aliphatic hydroxyl groups excluding tert-OH is 1. The van der Waals surface area contributed by atoms with Gasteiger partial charge < -0.3 is 25.3 Å². The first-order valence-corrected chi connectivity index (χ1v) is 11.3. The molecule has 6 unspecified atom stereocenters. The number of ether oxygens (including phenoxy) is 1. The maximum absolute atomic E-state index is 12.1. The molecule has 0 amide bonds. The van der Waals surface area contributed by atoms with Crippen LogP contribution >= 0.6 is 8.25 Å². The summed E-state index contributed by atoms with van der Waals surface area (Å²) in [5.74, 6) is 0.102. The molecule has 0 bridgehead atoms. The first-order chi connectivity index (χ1) is 15.5. The summed E-state index contributed by atoms with van der Waals surface area (Å²) in [6.45, 7) is 1.86. The Morgan fingerprint density at radius 3 is 3.00 bits per heavy atom. The molecule has 5 N–H and O–H groups in total. The van der Waals surface area contributed by atoms with Crippen molar-refractivity contribution in [3.63, 3.8) is 0 Å². The second-order valence-corrected chi connectivity index (χ2v) is 8.58. The monoisotopic (exact) mass is 463 g/mol. The zero-order valence-electron chi connectivity index (χ0n) is 17.4. The Hall–Kier alpha value is -2.53. The smallest absolute Gasteiger partial charge is 0.440 e. The van der Waals surface area contributed by atoms with E-state index in [0.717, 1.165) is 5.56 Å². The highest BCUT2D eigenvalue weighted by molar-refractivity contribution is 7.33. The number of nitrogens with zero attached hydrogens (tertiary/aromatic N) is 4. The van der Waals surface area contributed by atoms with Crippen molar-refractivity contribution in [1.82, 2.24) is 19.5 Å². The topological polar surface area (TPSA) is 158 Å². The molecule has 4 heterocycles. The molecule has 0 radical (unpaired) electrons. The molecule has 0 aliphatic carbocycles. The minimum absolute atomic E-state index is 0.0968. The lowest BCUT2D eigenvalue weighted by Gasteiger charge is -2.18. The standard InChI is InChI=1S/C20H25N5O6P/c1-12-17(27)16(31-20(12)25-7-4-14-18(21)23-11-24-19(14)25)10-30-32(28)29-8-5-15(26)13-3-2-6-22-9-13/h2-4,6-7,9,11-12,15-17,20,26-27H,5,8,10H2,1H3,(H2,21,23,24)/q+1/p+1. The molecule has 11 nitrogen and oxygen atoms in total.